The molecule has 74 valence electrons. The molecular formula is C10H17NO2. The van der Waals surface area contributed by atoms with Crippen LogP contribution < -0.4 is 5.32 Å². The van der Waals surface area contributed by atoms with Crippen LogP contribution in [-0.4, -0.2) is 25.7 Å². The number of carbonyl (C=O) groups is 1. The molecule has 2 rings (SSSR count). The van der Waals surface area contributed by atoms with Gasteiger partial charge in [-0.3, -0.25) is 4.79 Å². The lowest BCUT2D eigenvalue weighted by atomic mass is 9.76. The highest BCUT2D eigenvalue weighted by atomic mass is 16.5. The van der Waals surface area contributed by atoms with E-state index in [-0.39, 0.29) is 11.9 Å². The highest BCUT2D eigenvalue weighted by Gasteiger charge is 2.33. The van der Waals surface area contributed by atoms with Crippen molar-refractivity contribution in [2.75, 3.05) is 19.7 Å². The largest absolute Gasteiger partial charge is 0.465 e. The predicted octanol–water partition coefficient (Wildman–Crippen LogP) is 0.795. The molecule has 1 aliphatic heterocycles. The Morgan fingerprint density at radius 1 is 1.46 bits per heavy atom. The first-order valence-electron chi connectivity index (χ1n) is 5.13. The summed E-state index contributed by atoms with van der Waals surface area (Å²) in [5, 5.41) is 3.16. The summed E-state index contributed by atoms with van der Waals surface area (Å²) in [6.45, 7) is 4.82. The maximum absolute atomic E-state index is 11.4. The van der Waals surface area contributed by atoms with Crippen LogP contribution >= 0.6 is 0 Å². The molecule has 0 bridgehead atoms. The second-order valence-corrected chi connectivity index (χ2v) is 4.43. The fourth-order valence-electron chi connectivity index (χ4n) is 1.88. The van der Waals surface area contributed by atoms with Crippen molar-refractivity contribution in [3.63, 3.8) is 0 Å². The van der Waals surface area contributed by atoms with Crippen LogP contribution in [0.3, 0.4) is 0 Å². The zero-order valence-electron chi connectivity index (χ0n) is 8.08. The second kappa shape index (κ2) is 3.66. The highest BCUT2D eigenvalue weighted by molar-refractivity contribution is 5.73. The highest BCUT2D eigenvalue weighted by Crippen LogP contribution is 2.33. The molecule has 1 N–H and O–H groups in total. The van der Waals surface area contributed by atoms with Crippen LogP contribution in [0.15, 0.2) is 0 Å². The monoisotopic (exact) mass is 183 g/mol. The van der Waals surface area contributed by atoms with E-state index in [0.717, 1.165) is 31.8 Å². The molecule has 0 aromatic carbocycles. The van der Waals surface area contributed by atoms with Crippen molar-refractivity contribution in [1.82, 2.24) is 5.32 Å². The molecule has 0 radical (unpaired) electrons. The molecule has 2 aliphatic rings. The van der Waals surface area contributed by atoms with Gasteiger partial charge in [0.05, 0.1) is 12.5 Å². The first-order valence-corrected chi connectivity index (χ1v) is 5.13. The molecule has 0 aromatic heterocycles. The van der Waals surface area contributed by atoms with E-state index in [2.05, 4.69) is 12.2 Å². The summed E-state index contributed by atoms with van der Waals surface area (Å²) in [6.07, 6.45) is 2.06. The van der Waals surface area contributed by atoms with Crippen LogP contribution in [0.25, 0.3) is 0 Å². The lowest BCUT2D eigenvalue weighted by Gasteiger charge is -2.32. The zero-order chi connectivity index (χ0) is 9.26. The molecule has 0 unspecified atom stereocenters. The number of ether oxygens (including phenoxy) is 1. The fourth-order valence-corrected chi connectivity index (χ4v) is 1.88. The van der Waals surface area contributed by atoms with Gasteiger partial charge in [0.2, 0.25) is 0 Å². The van der Waals surface area contributed by atoms with Gasteiger partial charge in [0, 0.05) is 19.0 Å². The van der Waals surface area contributed by atoms with Crippen LogP contribution in [0.5, 0.6) is 0 Å². The molecule has 2 fully saturated rings. The lowest BCUT2D eigenvalue weighted by molar-refractivity contribution is -0.155. The van der Waals surface area contributed by atoms with Crippen LogP contribution in [0.1, 0.15) is 19.8 Å². The van der Waals surface area contributed by atoms with Gasteiger partial charge in [-0.2, -0.15) is 0 Å². The predicted molar refractivity (Wildman–Crippen MR) is 49.2 cm³/mol. The van der Waals surface area contributed by atoms with Crippen molar-refractivity contribution in [1.29, 1.82) is 0 Å². The van der Waals surface area contributed by atoms with Crippen molar-refractivity contribution < 1.29 is 9.53 Å². The summed E-state index contributed by atoms with van der Waals surface area (Å²) in [6, 6.07) is 0. The Bertz CT molecular complexity index is 195. The standard InChI is InChI=1S/C10H17NO2/c1-7-2-9(3-7)10(12)13-6-8-4-11-5-8/h7-9,11H,2-6H2,1H3. The van der Waals surface area contributed by atoms with E-state index in [0.29, 0.717) is 12.5 Å². The van der Waals surface area contributed by atoms with Gasteiger partial charge in [0.15, 0.2) is 0 Å². The summed E-state index contributed by atoms with van der Waals surface area (Å²) in [5.41, 5.74) is 0. The summed E-state index contributed by atoms with van der Waals surface area (Å²) in [7, 11) is 0. The van der Waals surface area contributed by atoms with Gasteiger partial charge in [-0.15, -0.1) is 0 Å². The average molecular weight is 183 g/mol. The van der Waals surface area contributed by atoms with Crippen LogP contribution in [-0.2, 0) is 9.53 Å². The zero-order valence-corrected chi connectivity index (χ0v) is 8.08. The number of carbonyl (C=O) groups excluding carboxylic acids is 1. The van der Waals surface area contributed by atoms with Crippen molar-refractivity contribution in [3.8, 4) is 0 Å². The molecule has 0 atom stereocenters. The maximum Gasteiger partial charge on any atom is 0.308 e. The lowest BCUT2D eigenvalue weighted by Crippen LogP contribution is -2.45. The molecule has 0 amide bonds. The van der Waals surface area contributed by atoms with E-state index < -0.39 is 0 Å². The first-order chi connectivity index (χ1) is 6.25. The van der Waals surface area contributed by atoms with Gasteiger partial charge in [0.1, 0.15) is 0 Å². The average Bonchev–Trinajstić information content (AvgIpc) is 1.95. The van der Waals surface area contributed by atoms with Crippen molar-refractivity contribution in [2.24, 2.45) is 17.8 Å². The van der Waals surface area contributed by atoms with Crippen LogP contribution in [0.4, 0.5) is 0 Å². The number of esters is 1. The summed E-state index contributed by atoms with van der Waals surface area (Å²) < 4.78 is 5.22. The summed E-state index contributed by atoms with van der Waals surface area (Å²) >= 11 is 0. The minimum absolute atomic E-state index is 0.0324. The van der Waals surface area contributed by atoms with E-state index in [9.17, 15) is 4.79 Å². The van der Waals surface area contributed by atoms with E-state index in [1.54, 1.807) is 0 Å². The SMILES string of the molecule is CC1CC(C(=O)OCC2CNC2)C1. The van der Waals surface area contributed by atoms with E-state index >= 15 is 0 Å². The molecule has 1 heterocycles. The molecule has 13 heavy (non-hydrogen) atoms. The van der Waals surface area contributed by atoms with Crippen molar-refractivity contribution >= 4 is 5.97 Å². The van der Waals surface area contributed by atoms with E-state index in [1.165, 1.54) is 0 Å². The van der Waals surface area contributed by atoms with E-state index in [4.69, 9.17) is 4.74 Å². The molecule has 1 saturated carbocycles. The van der Waals surface area contributed by atoms with E-state index in [1.807, 2.05) is 0 Å². The molecule has 0 spiro atoms. The fraction of sp³-hybridized carbons (Fsp3) is 0.900. The Kier molecular flexibility index (Phi) is 2.54. The smallest absolute Gasteiger partial charge is 0.308 e. The van der Waals surface area contributed by atoms with Crippen molar-refractivity contribution in [3.05, 3.63) is 0 Å². The number of hydrogen-bond acceptors (Lipinski definition) is 3. The Morgan fingerprint density at radius 2 is 2.15 bits per heavy atom. The number of hydrogen-bond donors (Lipinski definition) is 1. The Labute approximate surface area is 78.8 Å². The van der Waals surface area contributed by atoms with Gasteiger partial charge >= 0.3 is 5.97 Å². The van der Waals surface area contributed by atoms with Crippen molar-refractivity contribution in [2.45, 2.75) is 19.8 Å². The maximum atomic E-state index is 11.4. The Balaban J connectivity index is 1.61. The summed E-state index contributed by atoms with van der Waals surface area (Å²) in [4.78, 5) is 11.4. The molecule has 1 aliphatic carbocycles. The minimum atomic E-state index is 0.0324. The number of nitrogens with one attached hydrogen (secondary N) is 1. The van der Waals surface area contributed by atoms with Gasteiger partial charge < -0.3 is 10.1 Å². The quantitative estimate of drug-likeness (QED) is 0.658. The van der Waals surface area contributed by atoms with Crippen LogP contribution in [0, 0.1) is 17.8 Å². The van der Waals surface area contributed by atoms with Gasteiger partial charge in [-0.05, 0) is 18.8 Å². The van der Waals surface area contributed by atoms with Gasteiger partial charge in [0.25, 0.3) is 0 Å². The Hall–Kier alpha value is -0.570. The van der Waals surface area contributed by atoms with Gasteiger partial charge in [-0.1, -0.05) is 6.92 Å². The number of rotatable bonds is 3. The minimum Gasteiger partial charge on any atom is -0.465 e. The van der Waals surface area contributed by atoms with Gasteiger partial charge in [-0.25, -0.2) is 0 Å². The van der Waals surface area contributed by atoms with Crippen LogP contribution in [0.2, 0.25) is 0 Å². The third-order valence-corrected chi connectivity index (χ3v) is 3.03. The third kappa shape index (κ3) is 2.02. The molecule has 3 nitrogen and oxygen atoms in total. The molecule has 3 heteroatoms. The first kappa shape index (κ1) is 9.00. The normalized spacial score (nSPS) is 33.3. The second-order valence-electron chi connectivity index (χ2n) is 4.43. The Morgan fingerprint density at radius 3 is 2.62 bits per heavy atom. The molecular weight excluding hydrogens is 166 g/mol. The molecule has 1 saturated heterocycles. The molecule has 0 aromatic rings. The third-order valence-electron chi connectivity index (χ3n) is 3.03. The topological polar surface area (TPSA) is 38.3 Å². The summed E-state index contributed by atoms with van der Waals surface area (Å²) in [5.74, 6) is 1.54.